The molecule has 15 heavy (non-hydrogen) atoms. The van der Waals surface area contributed by atoms with Crippen LogP contribution in [-0.4, -0.2) is 17.1 Å². The minimum Gasteiger partial charge on any atom is -0.311 e. The van der Waals surface area contributed by atoms with Crippen molar-refractivity contribution in [1.29, 1.82) is 0 Å². The summed E-state index contributed by atoms with van der Waals surface area (Å²) in [6, 6.07) is 2.06. The molecule has 0 aliphatic carbocycles. The molecule has 2 rings (SSSR count). The van der Waals surface area contributed by atoms with Crippen LogP contribution in [0.5, 0.6) is 0 Å². The quantitative estimate of drug-likeness (QED) is 0.898. The second kappa shape index (κ2) is 4.52. The summed E-state index contributed by atoms with van der Waals surface area (Å²) in [7, 11) is 0. The van der Waals surface area contributed by atoms with Crippen molar-refractivity contribution >= 4 is 31.9 Å². The third-order valence-corrected chi connectivity index (χ3v) is 4.02. The molecule has 2 nitrogen and oxygen atoms in total. The molecule has 0 amide bonds. The lowest BCUT2D eigenvalue weighted by Gasteiger charge is -2.24. The minimum absolute atomic E-state index is 0.226. The van der Waals surface area contributed by atoms with Crippen molar-refractivity contribution in [2.75, 3.05) is 6.54 Å². The Morgan fingerprint density at radius 3 is 2.93 bits per heavy atom. The zero-order chi connectivity index (χ0) is 10.9. The van der Waals surface area contributed by atoms with E-state index in [4.69, 9.17) is 0 Å². The van der Waals surface area contributed by atoms with E-state index in [0.717, 1.165) is 27.6 Å². The SMILES string of the molecule is CC1(Cc2ncc(Br)cc2Br)CCCN1. The fourth-order valence-electron chi connectivity index (χ4n) is 2.05. The fraction of sp³-hybridized carbons (Fsp3) is 0.545. The summed E-state index contributed by atoms with van der Waals surface area (Å²) in [5.74, 6) is 0. The number of hydrogen-bond donors (Lipinski definition) is 1. The monoisotopic (exact) mass is 332 g/mol. The van der Waals surface area contributed by atoms with E-state index in [1.807, 2.05) is 6.20 Å². The summed E-state index contributed by atoms with van der Waals surface area (Å²) < 4.78 is 2.11. The Bertz CT molecular complexity index is 360. The molecular formula is C11H14Br2N2. The zero-order valence-electron chi connectivity index (χ0n) is 8.69. The number of nitrogens with one attached hydrogen (secondary N) is 1. The van der Waals surface area contributed by atoms with E-state index in [0.29, 0.717) is 0 Å². The highest BCUT2D eigenvalue weighted by molar-refractivity contribution is 9.11. The molecule has 1 aromatic rings. The second-order valence-electron chi connectivity index (χ2n) is 4.35. The third-order valence-electron chi connectivity index (χ3n) is 2.90. The molecule has 1 fully saturated rings. The van der Waals surface area contributed by atoms with Gasteiger partial charge in [0.1, 0.15) is 0 Å². The van der Waals surface area contributed by atoms with E-state index in [1.54, 1.807) is 0 Å². The Morgan fingerprint density at radius 1 is 1.53 bits per heavy atom. The van der Waals surface area contributed by atoms with Crippen molar-refractivity contribution in [3.05, 3.63) is 26.9 Å². The van der Waals surface area contributed by atoms with Crippen LogP contribution in [0.1, 0.15) is 25.5 Å². The Hall–Kier alpha value is 0.0700. The summed E-state index contributed by atoms with van der Waals surface area (Å²) in [6.45, 7) is 3.40. The molecule has 1 aliphatic rings. The van der Waals surface area contributed by atoms with Gasteiger partial charge in [-0.05, 0) is 64.2 Å². The van der Waals surface area contributed by atoms with E-state index in [-0.39, 0.29) is 5.54 Å². The molecule has 1 N–H and O–H groups in total. The molecular weight excluding hydrogens is 320 g/mol. The predicted molar refractivity (Wildman–Crippen MR) is 69.0 cm³/mol. The highest BCUT2D eigenvalue weighted by Crippen LogP contribution is 2.27. The molecule has 2 heterocycles. The lowest BCUT2D eigenvalue weighted by Crippen LogP contribution is -2.38. The second-order valence-corrected chi connectivity index (χ2v) is 6.12. The summed E-state index contributed by atoms with van der Waals surface area (Å²) in [4.78, 5) is 4.45. The number of hydrogen-bond acceptors (Lipinski definition) is 2. The molecule has 1 atom stereocenters. The van der Waals surface area contributed by atoms with E-state index < -0.39 is 0 Å². The van der Waals surface area contributed by atoms with Crippen LogP contribution in [0.2, 0.25) is 0 Å². The Balaban J connectivity index is 2.16. The minimum atomic E-state index is 0.226. The normalized spacial score (nSPS) is 25.8. The fourth-order valence-corrected chi connectivity index (χ4v) is 3.18. The van der Waals surface area contributed by atoms with E-state index in [1.165, 1.54) is 12.8 Å². The third kappa shape index (κ3) is 2.80. The summed E-state index contributed by atoms with van der Waals surface area (Å²) in [5.41, 5.74) is 1.36. The molecule has 1 aromatic heterocycles. The van der Waals surface area contributed by atoms with Gasteiger partial charge in [-0.2, -0.15) is 0 Å². The van der Waals surface area contributed by atoms with Crippen LogP contribution in [0.15, 0.2) is 21.2 Å². The first-order chi connectivity index (χ1) is 7.09. The van der Waals surface area contributed by atoms with Gasteiger partial charge in [-0.3, -0.25) is 4.98 Å². The lowest BCUT2D eigenvalue weighted by atomic mass is 9.94. The molecule has 0 bridgehead atoms. The van der Waals surface area contributed by atoms with Crippen LogP contribution in [0, 0.1) is 0 Å². The van der Waals surface area contributed by atoms with Gasteiger partial charge in [-0.25, -0.2) is 0 Å². The van der Waals surface area contributed by atoms with Gasteiger partial charge in [0.15, 0.2) is 0 Å². The highest BCUT2D eigenvalue weighted by atomic mass is 79.9. The van der Waals surface area contributed by atoms with E-state index in [2.05, 4.69) is 55.2 Å². The van der Waals surface area contributed by atoms with Gasteiger partial charge < -0.3 is 5.32 Å². The van der Waals surface area contributed by atoms with Gasteiger partial charge in [-0.15, -0.1) is 0 Å². The zero-order valence-corrected chi connectivity index (χ0v) is 11.9. The van der Waals surface area contributed by atoms with Gasteiger partial charge >= 0.3 is 0 Å². The maximum atomic E-state index is 4.45. The lowest BCUT2D eigenvalue weighted by molar-refractivity contribution is 0.408. The Labute approximate surface area is 107 Å². The Kier molecular flexibility index (Phi) is 3.48. The van der Waals surface area contributed by atoms with Crippen molar-refractivity contribution in [2.24, 2.45) is 0 Å². The van der Waals surface area contributed by atoms with Gasteiger partial charge in [0, 0.05) is 27.1 Å². The summed E-state index contributed by atoms with van der Waals surface area (Å²) >= 11 is 6.97. The number of rotatable bonds is 2. The number of halogens is 2. The van der Waals surface area contributed by atoms with Crippen LogP contribution in [0.25, 0.3) is 0 Å². The van der Waals surface area contributed by atoms with Crippen molar-refractivity contribution in [3.8, 4) is 0 Å². The average Bonchev–Trinajstić information content (AvgIpc) is 2.58. The van der Waals surface area contributed by atoms with Crippen LogP contribution in [-0.2, 0) is 6.42 Å². The molecule has 1 unspecified atom stereocenters. The highest BCUT2D eigenvalue weighted by Gasteiger charge is 2.29. The molecule has 4 heteroatoms. The van der Waals surface area contributed by atoms with Gasteiger partial charge in [0.2, 0.25) is 0 Å². The van der Waals surface area contributed by atoms with Crippen LogP contribution in [0.4, 0.5) is 0 Å². The first-order valence-corrected chi connectivity index (χ1v) is 6.73. The Morgan fingerprint density at radius 2 is 2.33 bits per heavy atom. The molecule has 0 radical (unpaired) electrons. The topological polar surface area (TPSA) is 24.9 Å². The number of aromatic nitrogens is 1. The largest absolute Gasteiger partial charge is 0.311 e. The summed E-state index contributed by atoms with van der Waals surface area (Å²) in [5, 5.41) is 3.55. The molecule has 1 aliphatic heterocycles. The van der Waals surface area contributed by atoms with Crippen molar-refractivity contribution in [3.63, 3.8) is 0 Å². The number of pyridine rings is 1. The van der Waals surface area contributed by atoms with Crippen LogP contribution < -0.4 is 5.32 Å². The first-order valence-electron chi connectivity index (χ1n) is 5.14. The van der Waals surface area contributed by atoms with Crippen LogP contribution in [0.3, 0.4) is 0 Å². The standard InChI is InChI=1S/C11H14Br2N2/c1-11(3-2-4-15-11)6-10-9(13)5-8(12)7-14-10/h5,7,15H,2-4,6H2,1H3. The molecule has 0 aromatic carbocycles. The molecule has 0 saturated carbocycles. The predicted octanol–water partition coefficient (Wildman–Crippen LogP) is 3.29. The van der Waals surface area contributed by atoms with Gasteiger partial charge in [0.25, 0.3) is 0 Å². The molecule has 1 saturated heterocycles. The maximum absolute atomic E-state index is 4.45. The summed E-state index contributed by atoms with van der Waals surface area (Å²) in [6.07, 6.45) is 5.35. The first kappa shape index (κ1) is 11.6. The van der Waals surface area contributed by atoms with Crippen molar-refractivity contribution in [2.45, 2.75) is 31.7 Å². The van der Waals surface area contributed by atoms with E-state index in [9.17, 15) is 0 Å². The van der Waals surface area contributed by atoms with Gasteiger partial charge in [0.05, 0.1) is 5.69 Å². The number of nitrogens with zero attached hydrogens (tertiary/aromatic N) is 1. The van der Waals surface area contributed by atoms with Gasteiger partial charge in [-0.1, -0.05) is 0 Å². The average molecular weight is 334 g/mol. The van der Waals surface area contributed by atoms with Crippen molar-refractivity contribution < 1.29 is 0 Å². The van der Waals surface area contributed by atoms with E-state index >= 15 is 0 Å². The molecule has 0 spiro atoms. The molecule has 82 valence electrons. The van der Waals surface area contributed by atoms with Crippen LogP contribution >= 0.6 is 31.9 Å². The van der Waals surface area contributed by atoms with Crippen molar-refractivity contribution in [1.82, 2.24) is 10.3 Å². The smallest absolute Gasteiger partial charge is 0.0564 e. The maximum Gasteiger partial charge on any atom is 0.0564 e.